The van der Waals surface area contributed by atoms with Crippen LogP contribution in [0.4, 0.5) is 0 Å². The standard InChI is InChI=1S/C20H34O4/c1-3-19(11-7-12-19)15-23-17(21)9-5-6-10-18(22)24-16-20(4-2)13-8-14-20/h3-16H2,1-2H3. The van der Waals surface area contributed by atoms with Gasteiger partial charge in [-0.1, -0.05) is 26.7 Å². The number of carbonyl (C=O) groups is 2. The van der Waals surface area contributed by atoms with E-state index >= 15 is 0 Å². The highest BCUT2D eigenvalue weighted by atomic mass is 16.5. The van der Waals surface area contributed by atoms with Gasteiger partial charge in [0.15, 0.2) is 0 Å². The van der Waals surface area contributed by atoms with Crippen LogP contribution in [0.2, 0.25) is 0 Å². The zero-order chi connectivity index (χ0) is 17.5. The van der Waals surface area contributed by atoms with Crippen molar-refractivity contribution in [1.29, 1.82) is 0 Å². The van der Waals surface area contributed by atoms with Gasteiger partial charge in [0.05, 0.1) is 13.2 Å². The van der Waals surface area contributed by atoms with E-state index in [1.54, 1.807) is 0 Å². The molecule has 0 aromatic heterocycles. The van der Waals surface area contributed by atoms with Gasteiger partial charge in [-0.15, -0.1) is 0 Å². The average Bonchev–Trinajstić information content (AvgIpc) is 2.50. The molecule has 0 aromatic rings. The van der Waals surface area contributed by atoms with Crippen LogP contribution in [0, 0.1) is 10.8 Å². The van der Waals surface area contributed by atoms with Crippen molar-refractivity contribution in [1.82, 2.24) is 0 Å². The fraction of sp³-hybridized carbons (Fsp3) is 0.900. The summed E-state index contributed by atoms with van der Waals surface area (Å²) >= 11 is 0. The van der Waals surface area contributed by atoms with Crippen molar-refractivity contribution in [3.05, 3.63) is 0 Å². The number of hydrogen-bond acceptors (Lipinski definition) is 4. The van der Waals surface area contributed by atoms with Crippen molar-refractivity contribution >= 4 is 11.9 Å². The van der Waals surface area contributed by atoms with Crippen molar-refractivity contribution in [2.24, 2.45) is 10.8 Å². The minimum atomic E-state index is -0.123. The molecule has 4 nitrogen and oxygen atoms in total. The Morgan fingerprint density at radius 1 is 0.750 bits per heavy atom. The number of rotatable bonds is 11. The molecule has 0 heterocycles. The molecule has 2 rings (SSSR count). The topological polar surface area (TPSA) is 52.6 Å². The van der Waals surface area contributed by atoms with Crippen LogP contribution in [0.25, 0.3) is 0 Å². The first-order valence-corrected chi connectivity index (χ1v) is 9.84. The van der Waals surface area contributed by atoms with E-state index in [9.17, 15) is 9.59 Å². The SMILES string of the molecule is CCC1(COC(=O)CCCCC(=O)OCC2(CC)CCC2)CCC1. The summed E-state index contributed by atoms with van der Waals surface area (Å²) in [6.45, 7) is 5.49. The molecule has 2 aliphatic carbocycles. The van der Waals surface area contributed by atoms with Gasteiger partial charge in [-0.25, -0.2) is 0 Å². The molecule has 0 amide bonds. The number of carbonyl (C=O) groups excluding carboxylic acids is 2. The molecule has 0 radical (unpaired) electrons. The normalized spacial score (nSPS) is 20.6. The molecule has 138 valence electrons. The lowest BCUT2D eigenvalue weighted by Gasteiger charge is -2.40. The second-order valence-corrected chi connectivity index (χ2v) is 7.94. The van der Waals surface area contributed by atoms with Gasteiger partial charge in [0.1, 0.15) is 0 Å². The van der Waals surface area contributed by atoms with Gasteiger partial charge in [-0.05, 0) is 51.4 Å². The van der Waals surface area contributed by atoms with E-state index in [-0.39, 0.29) is 22.8 Å². The molecule has 0 aliphatic heterocycles. The molecule has 0 aromatic carbocycles. The van der Waals surface area contributed by atoms with Gasteiger partial charge in [0.25, 0.3) is 0 Å². The Morgan fingerprint density at radius 2 is 1.12 bits per heavy atom. The molecule has 0 unspecified atom stereocenters. The van der Waals surface area contributed by atoms with Crippen molar-refractivity contribution in [2.75, 3.05) is 13.2 Å². The molecule has 0 spiro atoms. The number of hydrogen-bond donors (Lipinski definition) is 0. The molecule has 0 saturated heterocycles. The highest BCUT2D eigenvalue weighted by Gasteiger charge is 2.37. The molecular formula is C20H34O4. The number of esters is 2. The Hall–Kier alpha value is -1.06. The fourth-order valence-electron chi connectivity index (χ4n) is 3.70. The zero-order valence-electron chi connectivity index (χ0n) is 15.5. The summed E-state index contributed by atoms with van der Waals surface area (Å²) in [7, 11) is 0. The predicted octanol–water partition coefficient (Wildman–Crippen LogP) is 4.79. The van der Waals surface area contributed by atoms with E-state index < -0.39 is 0 Å². The van der Waals surface area contributed by atoms with Crippen LogP contribution in [0.1, 0.15) is 90.9 Å². The minimum Gasteiger partial charge on any atom is -0.465 e. The Labute approximate surface area is 146 Å². The second kappa shape index (κ2) is 8.87. The monoisotopic (exact) mass is 338 g/mol. The van der Waals surface area contributed by atoms with Crippen LogP contribution in [0.3, 0.4) is 0 Å². The maximum absolute atomic E-state index is 11.8. The summed E-state index contributed by atoms with van der Waals surface area (Å²) in [5.41, 5.74) is 0.520. The zero-order valence-corrected chi connectivity index (χ0v) is 15.5. The Kier molecular flexibility index (Phi) is 7.12. The van der Waals surface area contributed by atoms with Crippen LogP contribution < -0.4 is 0 Å². The van der Waals surface area contributed by atoms with Gasteiger partial charge in [0, 0.05) is 23.7 Å². The summed E-state index contributed by atoms with van der Waals surface area (Å²) in [6, 6.07) is 0. The predicted molar refractivity (Wildman–Crippen MR) is 93.5 cm³/mol. The average molecular weight is 338 g/mol. The maximum Gasteiger partial charge on any atom is 0.305 e. The summed E-state index contributed by atoms with van der Waals surface area (Å²) in [4.78, 5) is 23.6. The Bertz CT molecular complexity index is 370. The van der Waals surface area contributed by atoms with Crippen molar-refractivity contribution in [3.63, 3.8) is 0 Å². The minimum absolute atomic E-state index is 0.123. The second-order valence-electron chi connectivity index (χ2n) is 7.94. The number of unbranched alkanes of at least 4 members (excludes halogenated alkanes) is 1. The quantitative estimate of drug-likeness (QED) is 0.401. The molecule has 2 fully saturated rings. The first-order valence-electron chi connectivity index (χ1n) is 9.84. The highest BCUT2D eigenvalue weighted by Crippen LogP contribution is 2.44. The van der Waals surface area contributed by atoms with Gasteiger partial charge >= 0.3 is 11.9 Å². The van der Waals surface area contributed by atoms with Gasteiger partial charge < -0.3 is 9.47 Å². The first-order chi connectivity index (χ1) is 11.5. The van der Waals surface area contributed by atoms with E-state index in [1.165, 1.54) is 38.5 Å². The van der Waals surface area contributed by atoms with Gasteiger partial charge in [0.2, 0.25) is 0 Å². The summed E-state index contributed by atoms with van der Waals surface area (Å²) in [5, 5.41) is 0. The molecule has 24 heavy (non-hydrogen) atoms. The van der Waals surface area contributed by atoms with E-state index in [0.717, 1.165) is 12.8 Å². The fourth-order valence-corrected chi connectivity index (χ4v) is 3.70. The lowest BCUT2D eigenvalue weighted by molar-refractivity contribution is -0.152. The van der Waals surface area contributed by atoms with Crippen LogP contribution in [-0.4, -0.2) is 25.2 Å². The Balaban J connectivity index is 1.49. The van der Waals surface area contributed by atoms with Crippen molar-refractivity contribution in [2.45, 2.75) is 90.9 Å². The largest absolute Gasteiger partial charge is 0.465 e. The smallest absolute Gasteiger partial charge is 0.305 e. The van der Waals surface area contributed by atoms with Gasteiger partial charge in [-0.3, -0.25) is 9.59 Å². The van der Waals surface area contributed by atoms with E-state index in [1.807, 2.05) is 0 Å². The van der Waals surface area contributed by atoms with Crippen LogP contribution in [0.5, 0.6) is 0 Å². The van der Waals surface area contributed by atoms with Gasteiger partial charge in [-0.2, -0.15) is 0 Å². The van der Waals surface area contributed by atoms with Crippen LogP contribution in [0.15, 0.2) is 0 Å². The summed E-state index contributed by atoms with van der Waals surface area (Å²) < 4.78 is 10.8. The van der Waals surface area contributed by atoms with Crippen molar-refractivity contribution in [3.8, 4) is 0 Å². The van der Waals surface area contributed by atoms with Crippen LogP contribution >= 0.6 is 0 Å². The molecule has 0 bridgehead atoms. The molecule has 4 heteroatoms. The lowest BCUT2D eigenvalue weighted by Crippen LogP contribution is -2.34. The third-order valence-electron chi connectivity index (χ3n) is 6.42. The molecule has 2 saturated carbocycles. The first kappa shape index (κ1) is 19.3. The molecule has 0 N–H and O–H groups in total. The van der Waals surface area contributed by atoms with E-state index in [0.29, 0.717) is 38.9 Å². The van der Waals surface area contributed by atoms with Crippen molar-refractivity contribution < 1.29 is 19.1 Å². The van der Waals surface area contributed by atoms with Crippen LogP contribution in [-0.2, 0) is 19.1 Å². The lowest BCUT2D eigenvalue weighted by atomic mass is 9.68. The van der Waals surface area contributed by atoms with E-state index in [2.05, 4.69) is 13.8 Å². The summed E-state index contributed by atoms with van der Waals surface area (Å²) in [6.07, 6.45) is 11.6. The third-order valence-corrected chi connectivity index (χ3v) is 6.42. The molecule has 0 atom stereocenters. The highest BCUT2D eigenvalue weighted by molar-refractivity contribution is 5.70. The molecular weight excluding hydrogens is 304 g/mol. The van der Waals surface area contributed by atoms with E-state index in [4.69, 9.17) is 9.47 Å². The summed E-state index contributed by atoms with van der Waals surface area (Å²) in [5.74, 6) is -0.245. The molecule has 2 aliphatic rings. The number of ether oxygens (including phenoxy) is 2. The maximum atomic E-state index is 11.8. The Morgan fingerprint density at radius 3 is 1.38 bits per heavy atom. The third kappa shape index (κ3) is 5.22.